The van der Waals surface area contributed by atoms with E-state index in [1.807, 2.05) is 0 Å². The SMILES string of the molecule is CC1(C)[C@H](C(=O)OO)CC[C@]1(C)C(=O)O. The van der Waals surface area contributed by atoms with Gasteiger partial charge in [-0.2, -0.15) is 5.26 Å². The van der Waals surface area contributed by atoms with Crippen LogP contribution in [0.2, 0.25) is 0 Å². The molecule has 0 aromatic carbocycles. The van der Waals surface area contributed by atoms with Crippen LogP contribution in [0.1, 0.15) is 33.6 Å². The Hall–Kier alpha value is -1.10. The summed E-state index contributed by atoms with van der Waals surface area (Å²) < 4.78 is 0. The molecule has 1 rings (SSSR count). The molecule has 1 fully saturated rings. The zero-order valence-corrected chi connectivity index (χ0v) is 9.11. The first kappa shape index (κ1) is 12.0. The number of carboxylic acid groups (broad SMARTS) is 1. The zero-order valence-electron chi connectivity index (χ0n) is 9.11. The van der Waals surface area contributed by atoms with Gasteiger partial charge < -0.3 is 9.99 Å². The number of hydrogen-bond acceptors (Lipinski definition) is 4. The molecule has 5 nitrogen and oxygen atoms in total. The second-order valence-corrected chi connectivity index (χ2v) is 4.86. The zero-order chi connectivity index (χ0) is 11.9. The molecule has 1 aliphatic rings. The van der Waals surface area contributed by atoms with E-state index in [4.69, 9.17) is 10.4 Å². The Morgan fingerprint density at radius 3 is 2.20 bits per heavy atom. The fraction of sp³-hybridized carbons (Fsp3) is 0.800. The van der Waals surface area contributed by atoms with E-state index < -0.39 is 28.7 Å². The summed E-state index contributed by atoms with van der Waals surface area (Å²) in [5.74, 6) is -2.23. The molecular weight excluding hydrogens is 200 g/mol. The van der Waals surface area contributed by atoms with Gasteiger partial charge in [0.1, 0.15) is 0 Å². The lowest BCUT2D eigenvalue weighted by Gasteiger charge is -2.36. The molecule has 5 heteroatoms. The number of aliphatic carboxylic acids is 1. The van der Waals surface area contributed by atoms with Gasteiger partial charge in [0, 0.05) is 0 Å². The predicted octanol–water partition coefficient (Wildman–Crippen LogP) is 1.53. The Labute approximate surface area is 88.0 Å². The summed E-state index contributed by atoms with van der Waals surface area (Å²) in [4.78, 5) is 26.2. The largest absolute Gasteiger partial charge is 0.481 e. The summed E-state index contributed by atoms with van der Waals surface area (Å²) in [5, 5.41) is 17.5. The molecule has 0 aromatic heterocycles. The third kappa shape index (κ3) is 1.51. The second kappa shape index (κ2) is 3.48. The van der Waals surface area contributed by atoms with E-state index in [1.54, 1.807) is 20.8 Å². The molecule has 0 spiro atoms. The van der Waals surface area contributed by atoms with Crippen molar-refractivity contribution in [1.82, 2.24) is 0 Å². The monoisotopic (exact) mass is 216 g/mol. The summed E-state index contributed by atoms with van der Waals surface area (Å²) >= 11 is 0. The molecule has 0 bridgehead atoms. The van der Waals surface area contributed by atoms with Crippen LogP contribution >= 0.6 is 0 Å². The standard InChI is InChI=1S/C10H16O5/c1-9(2)6(7(11)15-14)4-5-10(9,3)8(12)13/h6,14H,4-5H2,1-3H3,(H,12,13)/t6-,10+/m0/s1. The number of carbonyl (C=O) groups is 2. The van der Waals surface area contributed by atoms with Crippen LogP contribution in [0.4, 0.5) is 0 Å². The first-order chi connectivity index (χ1) is 6.77. The molecule has 1 saturated carbocycles. The van der Waals surface area contributed by atoms with Crippen LogP contribution in [0.25, 0.3) is 0 Å². The van der Waals surface area contributed by atoms with E-state index >= 15 is 0 Å². The molecule has 0 aliphatic heterocycles. The average molecular weight is 216 g/mol. The van der Waals surface area contributed by atoms with Crippen molar-refractivity contribution < 1.29 is 24.8 Å². The molecule has 0 unspecified atom stereocenters. The van der Waals surface area contributed by atoms with Crippen molar-refractivity contribution in [2.24, 2.45) is 16.7 Å². The van der Waals surface area contributed by atoms with Gasteiger partial charge in [0.25, 0.3) is 0 Å². The minimum absolute atomic E-state index is 0.412. The van der Waals surface area contributed by atoms with E-state index in [-0.39, 0.29) is 0 Å². The highest BCUT2D eigenvalue weighted by Crippen LogP contribution is 2.56. The number of carbonyl (C=O) groups excluding carboxylic acids is 1. The Kier molecular flexibility index (Phi) is 2.78. The van der Waals surface area contributed by atoms with Crippen molar-refractivity contribution in [3.8, 4) is 0 Å². The predicted molar refractivity (Wildman–Crippen MR) is 51.0 cm³/mol. The van der Waals surface area contributed by atoms with Gasteiger partial charge in [0.15, 0.2) is 0 Å². The number of hydrogen-bond donors (Lipinski definition) is 2. The van der Waals surface area contributed by atoms with Gasteiger partial charge in [-0.25, -0.2) is 4.79 Å². The maximum atomic E-state index is 11.3. The maximum Gasteiger partial charge on any atom is 0.345 e. The molecule has 2 N–H and O–H groups in total. The molecule has 2 atom stereocenters. The Morgan fingerprint density at radius 1 is 1.33 bits per heavy atom. The van der Waals surface area contributed by atoms with Gasteiger partial charge in [-0.05, 0) is 25.2 Å². The molecule has 0 saturated heterocycles. The van der Waals surface area contributed by atoms with Crippen LogP contribution in [-0.2, 0) is 14.5 Å². The minimum atomic E-state index is -0.953. The smallest absolute Gasteiger partial charge is 0.345 e. The molecule has 86 valence electrons. The Bertz CT molecular complexity index is 296. The van der Waals surface area contributed by atoms with Gasteiger partial charge >= 0.3 is 11.9 Å². The molecular formula is C10H16O5. The molecule has 0 radical (unpaired) electrons. The quantitative estimate of drug-likeness (QED) is 0.540. The maximum absolute atomic E-state index is 11.3. The molecule has 15 heavy (non-hydrogen) atoms. The van der Waals surface area contributed by atoms with Crippen LogP contribution in [0.5, 0.6) is 0 Å². The minimum Gasteiger partial charge on any atom is -0.481 e. The fourth-order valence-corrected chi connectivity index (χ4v) is 2.36. The number of rotatable bonds is 2. The summed E-state index contributed by atoms with van der Waals surface area (Å²) in [6.07, 6.45) is 0.838. The van der Waals surface area contributed by atoms with Gasteiger partial charge in [-0.1, -0.05) is 13.8 Å². The van der Waals surface area contributed by atoms with E-state index in [2.05, 4.69) is 4.89 Å². The number of carboxylic acids is 1. The highest BCUT2D eigenvalue weighted by Gasteiger charge is 2.59. The second-order valence-electron chi connectivity index (χ2n) is 4.86. The van der Waals surface area contributed by atoms with Gasteiger partial charge in [-0.15, -0.1) is 0 Å². The highest BCUT2D eigenvalue weighted by atomic mass is 17.1. The van der Waals surface area contributed by atoms with Crippen LogP contribution in [-0.4, -0.2) is 22.3 Å². The molecule has 0 aromatic rings. The molecule has 1 aliphatic carbocycles. The third-order valence-electron chi connectivity index (χ3n) is 4.07. The highest BCUT2D eigenvalue weighted by molar-refractivity contribution is 5.80. The van der Waals surface area contributed by atoms with Gasteiger partial charge in [-0.3, -0.25) is 4.79 Å². The van der Waals surface area contributed by atoms with E-state index in [9.17, 15) is 9.59 Å². The van der Waals surface area contributed by atoms with Crippen molar-refractivity contribution in [2.45, 2.75) is 33.6 Å². The van der Waals surface area contributed by atoms with E-state index in [0.717, 1.165) is 0 Å². The normalized spacial score (nSPS) is 33.7. The Balaban J connectivity index is 3.04. The summed E-state index contributed by atoms with van der Waals surface area (Å²) in [7, 11) is 0. The van der Waals surface area contributed by atoms with Gasteiger partial charge in [0.2, 0.25) is 0 Å². The Morgan fingerprint density at radius 2 is 1.87 bits per heavy atom. The van der Waals surface area contributed by atoms with E-state index in [0.29, 0.717) is 12.8 Å². The van der Waals surface area contributed by atoms with Crippen molar-refractivity contribution >= 4 is 11.9 Å². The first-order valence-corrected chi connectivity index (χ1v) is 4.86. The lowest BCUT2D eigenvalue weighted by molar-refractivity contribution is -0.242. The summed E-state index contributed by atoms with van der Waals surface area (Å²) in [6, 6.07) is 0. The topological polar surface area (TPSA) is 83.8 Å². The molecule has 0 amide bonds. The van der Waals surface area contributed by atoms with Crippen molar-refractivity contribution in [3.63, 3.8) is 0 Å². The fourth-order valence-electron chi connectivity index (χ4n) is 2.36. The summed E-state index contributed by atoms with van der Waals surface area (Å²) in [5.41, 5.74) is -1.68. The summed E-state index contributed by atoms with van der Waals surface area (Å²) in [6.45, 7) is 5.06. The van der Waals surface area contributed by atoms with Crippen LogP contribution in [0.3, 0.4) is 0 Å². The van der Waals surface area contributed by atoms with Crippen LogP contribution in [0.15, 0.2) is 0 Å². The lowest BCUT2D eigenvalue weighted by atomic mass is 9.66. The van der Waals surface area contributed by atoms with Crippen molar-refractivity contribution in [3.05, 3.63) is 0 Å². The molecule has 0 heterocycles. The van der Waals surface area contributed by atoms with E-state index in [1.165, 1.54) is 0 Å². The lowest BCUT2D eigenvalue weighted by Crippen LogP contribution is -2.42. The first-order valence-electron chi connectivity index (χ1n) is 4.86. The van der Waals surface area contributed by atoms with Crippen molar-refractivity contribution in [1.29, 1.82) is 0 Å². The van der Waals surface area contributed by atoms with Crippen LogP contribution < -0.4 is 0 Å². The van der Waals surface area contributed by atoms with Crippen LogP contribution in [0, 0.1) is 16.7 Å². The van der Waals surface area contributed by atoms with Gasteiger partial charge in [0.05, 0.1) is 11.3 Å². The van der Waals surface area contributed by atoms with Crippen molar-refractivity contribution in [2.75, 3.05) is 0 Å². The third-order valence-corrected chi connectivity index (χ3v) is 4.07. The average Bonchev–Trinajstić information content (AvgIpc) is 2.39.